The van der Waals surface area contributed by atoms with Crippen molar-refractivity contribution in [3.05, 3.63) is 71.0 Å². The van der Waals surface area contributed by atoms with E-state index in [0.29, 0.717) is 0 Å². The molecule has 1 amide bonds. The maximum atomic E-state index is 12.8. The minimum atomic E-state index is -0.664. The molecular weight excluding hydrogens is 297 g/mol. The summed E-state index contributed by atoms with van der Waals surface area (Å²) in [6.45, 7) is 3.46. The summed E-state index contributed by atoms with van der Waals surface area (Å²) in [6.07, 6.45) is 0. The number of carbonyl (C=O) groups excluding carboxylic acids is 2. The van der Waals surface area contributed by atoms with E-state index in [0.717, 1.165) is 23.3 Å². The van der Waals surface area contributed by atoms with Crippen molar-refractivity contribution in [1.82, 2.24) is 5.32 Å². The Morgan fingerprint density at radius 1 is 1.09 bits per heavy atom. The van der Waals surface area contributed by atoms with Crippen LogP contribution in [0.2, 0.25) is 0 Å². The highest BCUT2D eigenvalue weighted by atomic mass is 19.1. The largest absolute Gasteiger partial charge is 0.452 e. The molecule has 1 atom stereocenters. The molecule has 0 aromatic heterocycles. The Labute approximate surface area is 134 Å². The Hall–Kier alpha value is -2.69. The predicted molar refractivity (Wildman–Crippen MR) is 84.4 cm³/mol. The van der Waals surface area contributed by atoms with Gasteiger partial charge < -0.3 is 10.1 Å². The van der Waals surface area contributed by atoms with Crippen molar-refractivity contribution >= 4 is 11.9 Å². The van der Waals surface area contributed by atoms with E-state index in [2.05, 4.69) is 5.32 Å². The number of halogens is 1. The van der Waals surface area contributed by atoms with Crippen LogP contribution in [0, 0.1) is 12.7 Å². The fourth-order valence-corrected chi connectivity index (χ4v) is 2.02. The highest BCUT2D eigenvalue weighted by Crippen LogP contribution is 2.13. The summed E-state index contributed by atoms with van der Waals surface area (Å²) in [5, 5.41) is 2.76. The maximum absolute atomic E-state index is 12.8. The van der Waals surface area contributed by atoms with E-state index in [1.54, 1.807) is 0 Å². The topological polar surface area (TPSA) is 55.4 Å². The fourth-order valence-electron chi connectivity index (χ4n) is 2.02. The lowest BCUT2D eigenvalue weighted by molar-refractivity contribution is -0.124. The van der Waals surface area contributed by atoms with Crippen molar-refractivity contribution in [1.29, 1.82) is 0 Å². The summed E-state index contributed by atoms with van der Waals surface area (Å²) >= 11 is 0. The smallest absolute Gasteiger partial charge is 0.338 e. The van der Waals surface area contributed by atoms with Gasteiger partial charge in [-0.25, -0.2) is 9.18 Å². The monoisotopic (exact) mass is 315 g/mol. The number of amides is 1. The van der Waals surface area contributed by atoms with Crippen molar-refractivity contribution in [3.63, 3.8) is 0 Å². The number of benzene rings is 2. The molecule has 0 radical (unpaired) electrons. The highest BCUT2D eigenvalue weighted by molar-refractivity contribution is 5.91. The zero-order chi connectivity index (χ0) is 16.8. The molecule has 2 aromatic carbocycles. The van der Waals surface area contributed by atoms with Crippen LogP contribution in [0.3, 0.4) is 0 Å². The predicted octanol–water partition coefficient (Wildman–Crippen LogP) is 3.17. The quantitative estimate of drug-likeness (QED) is 0.862. The SMILES string of the molecule is Cc1ccc(C(C)NC(=O)COC(=O)c2ccc(F)cc2)cc1. The Kier molecular flexibility index (Phi) is 5.46. The lowest BCUT2D eigenvalue weighted by Crippen LogP contribution is -2.31. The number of nitrogens with one attached hydrogen (secondary N) is 1. The van der Waals surface area contributed by atoms with Gasteiger partial charge in [0.1, 0.15) is 5.82 Å². The highest BCUT2D eigenvalue weighted by Gasteiger charge is 2.13. The average molecular weight is 315 g/mol. The number of carbonyl (C=O) groups is 2. The number of hydrogen-bond donors (Lipinski definition) is 1. The van der Waals surface area contributed by atoms with E-state index in [9.17, 15) is 14.0 Å². The van der Waals surface area contributed by atoms with Gasteiger partial charge in [0.15, 0.2) is 6.61 Å². The van der Waals surface area contributed by atoms with Crippen LogP contribution in [0.4, 0.5) is 4.39 Å². The second-order valence-electron chi connectivity index (χ2n) is 5.28. The van der Waals surface area contributed by atoms with Crippen LogP contribution in [0.5, 0.6) is 0 Å². The molecule has 120 valence electrons. The molecular formula is C18H18FNO3. The third kappa shape index (κ3) is 4.92. The number of aryl methyl sites for hydroxylation is 1. The molecule has 23 heavy (non-hydrogen) atoms. The first-order valence-corrected chi connectivity index (χ1v) is 7.24. The Morgan fingerprint density at radius 3 is 2.30 bits per heavy atom. The second kappa shape index (κ2) is 7.54. The van der Waals surface area contributed by atoms with Gasteiger partial charge in [0.05, 0.1) is 11.6 Å². The molecule has 0 aliphatic carbocycles. The molecule has 0 spiro atoms. The van der Waals surface area contributed by atoms with E-state index in [1.807, 2.05) is 38.1 Å². The molecule has 5 heteroatoms. The molecule has 1 N–H and O–H groups in total. The van der Waals surface area contributed by atoms with Gasteiger partial charge in [-0.1, -0.05) is 29.8 Å². The molecule has 0 bridgehead atoms. The van der Waals surface area contributed by atoms with E-state index in [1.165, 1.54) is 12.1 Å². The van der Waals surface area contributed by atoms with E-state index < -0.39 is 17.7 Å². The molecule has 0 fully saturated rings. The average Bonchev–Trinajstić information content (AvgIpc) is 2.54. The summed E-state index contributed by atoms with van der Waals surface area (Å²) in [4.78, 5) is 23.6. The van der Waals surface area contributed by atoms with Crippen LogP contribution < -0.4 is 5.32 Å². The molecule has 0 aliphatic rings. The molecule has 0 saturated heterocycles. The van der Waals surface area contributed by atoms with Crippen molar-refractivity contribution < 1.29 is 18.7 Å². The summed E-state index contributed by atoms with van der Waals surface area (Å²) in [7, 11) is 0. The molecule has 4 nitrogen and oxygen atoms in total. The van der Waals surface area contributed by atoms with Gasteiger partial charge in [0, 0.05) is 0 Å². The third-order valence-electron chi connectivity index (χ3n) is 3.37. The maximum Gasteiger partial charge on any atom is 0.338 e. The van der Waals surface area contributed by atoms with Crippen LogP contribution in [-0.2, 0) is 9.53 Å². The van der Waals surface area contributed by atoms with Gasteiger partial charge in [-0.2, -0.15) is 0 Å². The van der Waals surface area contributed by atoms with Gasteiger partial charge >= 0.3 is 5.97 Å². The number of ether oxygens (including phenoxy) is 1. The Morgan fingerprint density at radius 2 is 1.70 bits per heavy atom. The molecule has 0 aliphatic heterocycles. The van der Waals surface area contributed by atoms with Gasteiger partial charge in [0.25, 0.3) is 5.91 Å². The van der Waals surface area contributed by atoms with Gasteiger partial charge in [-0.3, -0.25) is 4.79 Å². The standard InChI is InChI=1S/C18H18FNO3/c1-12-3-5-14(6-4-12)13(2)20-17(21)11-23-18(22)15-7-9-16(19)10-8-15/h3-10,13H,11H2,1-2H3,(H,20,21). The van der Waals surface area contributed by atoms with Crippen LogP contribution in [0.1, 0.15) is 34.5 Å². The third-order valence-corrected chi connectivity index (χ3v) is 3.37. The first kappa shape index (κ1) is 16.7. The van der Waals surface area contributed by atoms with Crippen molar-refractivity contribution in [2.75, 3.05) is 6.61 Å². The lowest BCUT2D eigenvalue weighted by atomic mass is 10.1. The molecule has 2 rings (SSSR count). The number of hydrogen-bond acceptors (Lipinski definition) is 3. The number of rotatable bonds is 5. The fraction of sp³-hybridized carbons (Fsp3) is 0.222. The van der Waals surface area contributed by atoms with Crippen molar-refractivity contribution in [2.45, 2.75) is 19.9 Å². The Bertz CT molecular complexity index is 680. The zero-order valence-corrected chi connectivity index (χ0v) is 13.0. The minimum absolute atomic E-state index is 0.187. The minimum Gasteiger partial charge on any atom is -0.452 e. The van der Waals surface area contributed by atoms with Gasteiger partial charge in [0.2, 0.25) is 0 Å². The molecule has 0 heterocycles. The first-order chi connectivity index (χ1) is 11.0. The van der Waals surface area contributed by atoms with Crippen molar-refractivity contribution in [3.8, 4) is 0 Å². The van der Waals surface area contributed by atoms with Gasteiger partial charge in [-0.15, -0.1) is 0 Å². The summed E-state index contributed by atoms with van der Waals surface area (Å²) in [6, 6.07) is 12.6. The van der Waals surface area contributed by atoms with E-state index in [4.69, 9.17) is 4.74 Å². The number of esters is 1. The van der Waals surface area contributed by atoms with Crippen molar-refractivity contribution in [2.24, 2.45) is 0 Å². The normalized spacial score (nSPS) is 11.6. The van der Waals surface area contributed by atoms with Crippen LogP contribution >= 0.6 is 0 Å². The van der Waals surface area contributed by atoms with Crippen LogP contribution in [-0.4, -0.2) is 18.5 Å². The molecule has 0 saturated carbocycles. The lowest BCUT2D eigenvalue weighted by Gasteiger charge is -2.14. The summed E-state index contributed by atoms with van der Waals surface area (Å²) < 4.78 is 17.7. The van der Waals surface area contributed by atoms with Crippen LogP contribution in [0.25, 0.3) is 0 Å². The van der Waals surface area contributed by atoms with E-state index in [-0.39, 0.29) is 18.2 Å². The van der Waals surface area contributed by atoms with Crippen LogP contribution in [0.15, 0.2) is 48.5 Å². The Balaban J connectivity index is 1.83. The zero-order valence-electron chi connectivity index (χ0n) is 13.0. The van der Waals surface area contributed by atoms with Gasteiger partial charge in [-0.05, 0) is 43.7 Å². The summed E-state index contributed by atoms with van der Waals surface area (Å²) in [5.74, 6) is -1.50. The second-order valence-corrected chi connectivity index (χ2v) is 5.28. The summed E-state index contributed by atoms with van der Waals surface area (Å²) in [5.41, 5.74) is 2.31. The molecule has 1 unspecified atom stereocenters. The first-order valence-electron chi connectivity index (χ1n) is 7.24. The molecule has 2 aromatic rings. The van der Waals surface area contributed by atoms with E-state index >= 15 is 0 Å².